The molecular weight excluding hydrogens is 395 g/mol. The zero-order valence-electron chi connectivity index (χ0n) is 15.3. The molecule has 1 fully saturated rings. The van der Waals surface area contributed by atoms with Crippen molar-refractivity contribution in [1.29, 1.82) is 0 Å². The van der Waals surface area contributed by atoms with Gasteiger partial charge in [-0.1, -0.05) is 53.3 Å². The molecule has 1 saturated carbocycles. The number of carbonyl (C=O) groups excluding carboxylic acids is 1. The van der Waals surface area contributed by atoms with Crippen molar-refractivity contribution in [3.63, 3.8) is 0 Å². The van der Waals surface area contributed by atoms with E-state index in [4.69, 9.17) is 27.7 Å². The Bertz CT molecular complexity index is 959. The molecule has 3 aromatic rings. The van der Waals surface area contributed by atoms with Crippen molar-refractivity contribution < 1.29 is 9.32 Å². The summed E-state index contributed by atoms with van der Waals surface area (Å²) in [5.41, 5.74) is 2.10. The third-order valence-electron chi connectivity index (χ3n) is 5.41. The van der Waals surface area contributed by atoms with Crippen LogP contribution in [0.1, 0.15) is 36.9 Å². The third kappa shape index (κ3) is 3.80. The van der Waals surface area contributed by atoms with Crippen LogP contribution >= 0.6 is 23.2 Å². The maximum absolute atomic E-state index is 13.1. The molecule has 0 atom stereocenters. The highest BCUT2D eigenvalue weighted by Crippen LogP contribution is 2.41. The summed E-state index contributed by atoms with van der Waals surface area (Å²) < 4.78 is 5.41. The molecule has 0 unspecified atom stereocenters. The second-order valence-electron chi connectivity index (χ2n) is 7.17. The highest BCUT2D eigenvalue weighted by atomic mass is 35.5. The SMILES string of the molecule is O=C(NCc1cc(-c2ccc(Cl)cc2)on1)C1(c2ccc(Cl)cc2)CCCC1. The van der Waals surface area contributed by atoms with Crippen molar-refractivity contribution in [2.75, 3.05) is 0 Å². The Morgan fingerprint density at radius 3 is 2.25 bits per heavy atom. The van der Waals surface area contributed by atoms with Crippen LogP contribution in [0.4, 0.5) is 0 Å². The lowest BCUT2D eigenvalue weighted by molar-refractivity contribution is -0.126. The lowest BCUT2D eigenvalue weighted by Gasteiger charge is -2.28. The van der Waals surface area contributed by atoms with Crippen molar-refractivity contribution in [2.45, 2.75) is 37.6 Å². The van der Waals surface area contributed by atoms with Gasteiger partial charge in [-0.15, -0.1) is 0 Å². The number of aromatic nitrogens is 1. The Balaban J connectivity index is 1.47. The molecule has 0 aliphatic heterocycles. The summed E-state index contributed by atoms with van der Waals surface area (Å²) in [6.07, 6.45) is 3.77. The fourth-order valence-corrected chi connectivity index (χ4v) is 4.13. The Morgan fingerprint density at radius 1 is 1.00 bits per heavy atom. The molecule has 1 aromatic heterocycles. The average molecular weight is 415 g/mol. The summed E-state index contributed by atoms with van der Waals surface area (Å²) in [6, 6.07) is 16.8. The summed E-state index contributed by atoms with van der Waals surface area (Å²) in [5, 5.41) is 8.48. The molecule has 1 N–H and O–H groups in total. The molecule has 144 valence electrons. The van der Waals surface area contributed by atoms with Crippen LogP contribution in [0.3, 0.4) is 0 Å². The van der Waals surface area contributed by atoms with Gasteiger partial charge in [0.25, 0.3) is 0 Å². The minimum Gasteiger partial charge on any atom is -0.356 e. The van der Waals surface area contributed by atoms with Crippen LogP contribution < -0.4 is 5.32 Å². The molecule has 0 bridgehead atoms. The van der Waals surface area contributed by atoms with Gasteiger partial charge in [-0.2, -0.15) is 0 Å². The van der Waals surface area contributed by atoms with Crippen LogP contribution in [0.2, 0.25) is 10.0 Å². The molecule has 1 heterocycles. The smallest absolute Gasteiger partial charge is 0.230 e. The van der Waals surface area contributed by atoms with E-state index in [0.717, 1.165) is 36.8 Å². The first-order valence-corrected chi connectivity index (χ1v) is 10.1. The number of rotatable bonds is 5. The summed E-state index contributed by atoms with van der Waals surface area (Å²) in [4.78, 5) is 13.1. The number of halogens is 2. The minimum absolute atomic E-state index is 0.0309. The van der Waals surface area contributed by atoms with Crippen molar-refractivity contribution in [2.24, 2.45) is 0 Å². The third-order valence-corrected chi connectivity index (χ3v) is 5.91. The van der Waals surface area contributed by atoms with E-state index in [1.54, 1.807) is 12.1 Å². The van der Waals surface area contributed by atoms with Crippen molar-refractivity contribution in [3.05, 3.63) is 75.9 Å². The van der Waals surface area contributed by atoms with E-state index < -0.39 is 5.41 Å². The van der Waals surface area contributed by atoms with Crippen molar-refractivity contribution in [3.8, 4) is 11.3 Å². The molecule has 0 radical (unpaired) electrons. The predicted molar refractivity (Wildman–Crippen MR) is 110 cm³/mol. The Hall–Kier alpha value is -2.30. The van der Waals surface area contributed by atoms with Crippen LogP contribution in [-0.4, -0.2) is 11.1 Å². The second-order valence-corrected chi connectivity index (χ2v) is 8.04. The zero-order valence-corrected chi connectivity index (χ0v) is 16.8. The van der Waals surface area contributed by atoms with Crippen molar-refractivity contribution >= 4 is 29.1 Å². The van der Waals surface area contributed by atoms with Crippen LogP contribution in [-0.2, 0) is 16.8 Å². The number of nitrogens with zero attached hydrogens (tertiary/aromatic N) is 1. The molecule has 1 aliphatic rings. The van der Waals surface area contributed by atoms with Crippen LogP contribution in [0.15, 0.2) is 59.1 Å². The Morgan fingerprint density at radius 2 is 1.61 bits per heavy atom. The first-order valence-electron chi connectivity index (χ1n) is 9.33. The van der Waals surface area contributed by atoms with E-state index in [1.807, 2.05) is 42.5 Å². The molecule has 4 nitrogen and oxygen atoms in total. The normalized spacial score (nSPS) is 15.5. The van der Waals surface area contributed by atoms with E-state index in [-0.39, 0.29) is 5.91 Å². The fraction of sp³-hybridized carbons (Fsp3) is 0.273. The topological polar surface area (TPSA) is 55.1 Å². The quantitative estimate of drug-likeness (QED) is 0.575. The van der Waals surface area contributed by atoms with Crippen LogP contribution in [0, 0.1) is 0 Å². The number of benzene rings is 2. The van der Waals surface area contributed by atoms with Crippen molar-refractivity contribution in [1.82, 2.24) is 10.5 Å². The zero-order chi connectivity index (χ0) is 19.6. The molecule has 6 heteroatoms. The van der Waals surface area contributed by atoms with Gasteiger partial charge in [0.1, 0.15) is 5.69 Å². The van der Waals surface area contributed by atoms with Crippen LogP contribution in [0.5, 0.6) is 0 Å². The van der Waals surface area contributed by atoms with Gasteiger partial charge in [-0.05, 0) is 54.8 Å². The Labute approximate surface area is 173 Å². The van der Waals surface area contributed by atoms with Crippen LogP contribution in [0.25, 0.3) is 11.3 Å². The largest absolute Gasteiger partial charge is 0.356 e. The maximum Gasteiger partial charge on any atom is 0.230 e. The van der Waals surface area contributed by atoms with Gasteiger partial charge in [-0.25, -0.2) is 0 Å². The monoisotopic (exact) mass is 414 g/mol. The van der Waals surface area contributed by atoms with E-state index in [2.05, 4.69) is 10.5 Å². The number of amides is 1. The molecule has 28 heavy (non-hydrogen) atoms. The van der Waals surface area contributed by atoms with E-state index >= 15 is 0 Å². The van der Waals surface area contributed by atoms with Gasteiger partial charge in [-0.3, -0.25) is 4.79 Å². The average Bonchev–Trinajstić information content (AvgIpc) is 3.38. The number of hydrogen-bond donors (Lipinski definition) is 1. The molecular formula is C22H20Cl2N2O2. The molecule has 0 spiro atoms. The lowest BCUT2D eigenvalue weighted by Crippen LogP contribution is -2.42. The van der Waals surface area contributed by atoms with Gasteiger partial charge in [0, 0.05) is 21.7 Å². The van der Waals surface area contributed by atoms with E-state index in [0.29, 0.717) is 28.0 Å². The first-order chi connectivity index (χ1) is 13.6. The molecule has 1 amide bonds. The maximum atomic E-state index is 13.1. The first kappa shape index (κ1) is 19.0. The summed E-state index contributed by atoms with van der Waals surface area (Å²) in [7, 11) is 0. The molecule has 0 saturated heterocycles. The van der Waals surface area contributed by atoms with Gasteiger partial charge in [0.2, 0.25) is 5.91 Å². The summed E-state index contributed by atoms with van der Waals surface area (Å²) in [6.45, 7) is 0.325. The highest BCUT2D eigenvalue weighted by molar-refractivity contribution is 6.30. The highest BCUT2D eigenvalue weighted by Gasteiger charge is 2.42. The second kappa shape index (κ2) is 7.98. The minimum atomic E-state index is -0.493. The standard InChI is InChI=1S/C22H20Cl2N2O2/c23-17-7-3-15(4-8-17)20-13-19(26-28-20)14-25-21(27)22(11-1-2-12-22)16-5-9-18(24)10-6-16/h3-10,13H,1-2,11-12,14H2,(H,25,27). The molecule has 1 aliphatic carbocycles. The number of hydrogen-bond acceptors (Lipinski definition) is 3. The Kier molecular flexibility index (Phi) is 5.42. The van der Waals surface area contributed by atoms with E-state index in [1.165, 1.54) is 0 Å². The summed E-state index contributed by atoms with van der Waals surface area (Å²) in [5.74, 6) is 0.678. The fourth-order valence-electron chi connectivity index (χ4n) is 3.88. The van der Waals surface area contributed by atoms with Gasteiger partial charge < -0.3 is 9.84 Å². The molecule has 4 rings (SSSR count). The lowest BCUT2D eigenvalue weighted by atomic mass is 9.78. The predicted octanol–water partition coefficient (Wildman–Crippen LogP) is 5.78. The number of carbonyl (C=O) groups is 1. The number of nitrogens with one attached hydrogen (secondary N) is 1. The van der Waals surface area contributed by atoms with Gasteiger partial charge in [0.15, 0.2) is 5.76 Å². The van der Waals surface area contributed by atoms with Gasteiger partial charge in [0.05, 0.1) is 12.0 Å². The van der Waals surface area contributed by atoms with E-state index in [9.17, 15) is 4.79 Å². The molecule has 2 aromatic carbocycles. The summed E-state index contributed by atoms with van der Waals surface area (Å²) >= 11 is 11.9. The van der Waals surface area contributed by atoms with Gasteiger partial charge >= 0.3 is 0 Å².